The molecule has 5 nitrogen and oxygen atoms in total. The van der Waals surface area contributed by atoms with Gasteiger partial charge in [0.25, 0.3) is 5.91 Å². The molecule has 1 aliphatic heterocycles. The fraction of sp³-hybridized carbons (Fsp3) is 0.273. The molecule has 2 aromatic rings. The minimum absolute atomic E-state index is 0.252. The van der Waals surface area contributed by atoms with E-state index < -0.39 is 29.7 Å². The summed E-state index contributed by atoms with van der Waals surface area (Å²) < 4.78 is 32.2. The van der Waals surface area contributed by atoms with Crippen LogP contribution in [0, 0.1) is 11.6 Å². The number of hydrogen-bond acceptors (Lipinski definition) is 4. The Labute approximate surface area is 167 Å². The first-order chi connectivity index (χ1) is 13.9. The van der Waals surface area contributed by atoms with Crippen molar-refractivity contribution in [3.05, 3.63) is 77.4 Å². The van der Waals surface area contributed by atoms with Gasteiger partial charge < -0.3 is 9.84 Å². The maximum atomic E-state index is 13.5. The number of benzene rings is 2. The van der Waals surface area contributed by atoms with Gasteiger partial charge in [-0.05, 0) is 48.2 Å². The number of aliphatic hydroxyl groups is 1. The van der Waals surface area contributed by atoms with Crippen molar-refractivity contribution in [3.63, 3.8) is 0 Å². The van der Waals surface area contributed by atoms with Gasteiger partial charge in [-0.25, -0.2) is 13.8 Å². The Morgan fingerprint density at radius 1 is 1.28 bits per heavy atom. The van der Waals surface area contributed by atoms with Crippen molar-refractivity contribution < 1.29 is 23.4 Å². The van der Waals surface area contributed by atoms with E-state index in [-0.39, 0.29) is 12.0 Å². The lowest BCUT2D eigenvalue weighted by Crippen LogP contribution is -2.28. The molecule has 7 heteroatoms. The van der Waals surface area contributed by atoms with E-state index in [9.17, 15) is 18.7 Å². The zero-order chi connectivity index (χ0) is 21.0. The van der Waals surface area contributed by atoms with Crippen molar-refractivity contribution in [1.82, 2.24) is 5.01 Å². The van der Waals surface area contributed by atoms with E-state index in [4.69, 9.17) is 4.74 Å². The highest BCUT2D eigenvalue weighted by Crippen LogP contribution is 2.31. The summed E-state index contributed by atoms with van der Waals surface area (Å²) in [7, 11) is 1.56. The number of hydrazone groups is 1. The molecule has 0 bridgehead atoms. The molecule has 152 valence electrons. The molecule has 3 rings (SSSR count). The molecule has 1 N–H and O–H groups in total. The van der Waals surface area contributed by atoms with Crippen LogP contribution in [0.15, 0.2) is 59.7 Å². The number of hydrogen-bond donors (Lipinski definition) is 1. The third-order valence-electron chi connectivity index (χ3n) is 4.83. The Morgan fingerprint density at radius 2 is 1.93 bits per heavy atom. The van der Waals surface area contributed by atoms with E-state index in [1.54, 1.807) is 31.4 Å². The van der Waals surface area contributed by atoms with Crippen molar-refractivity contribution in [2.45, 2.75) is 31.4 Å². The monoisotopic (exact) mass is 400 g/mol. The lowest BCUT2D eigenvalue weighted by atomic mass is 10.00. The average molecular weight is 400 g/mol. The normalized spacial score (nSPS) is 16.7. The summed E-state index contributed by atoms with van der Waals surface area (Å²) in [5.41, 5.74) is 1.30. The van der Waals surface area contributed by atoms with E-state index >= 15 is 0 Å². The highest BCUT2D eigenvalue weighted by Gasteiger charge is 2.30. The van der Waals surface area contributed by atoms with Gasteiger partial charge in [0.05, 0.1) is 19.3 Å². The Bertz CT molecular complexity index is 908. The predicted molar refractivity (Wildman–Crippen MR) is 105 cm³/mol. The summed E-state index contributed by atoms with van der Waals surface area (Å²) in [6.07, 6.45) is 1.68. The Kier molecular flexibility index (Phi) is 6.39. The third-order valence-corrected chi connectivity index (χ3v) is 4.83. The Morgan fingerprint density at radius 3 is 2.55 bits per heavy atom. The molecule has 0 fully saturated rings. The summed E-state index contributed by atoms with van der Waals surface area (Å²) in [5.74, 6) is -1.16. The molecule has 0 radical (unpaired) electrons. The lowest BCUT2D eigenvalue weighted by molar-refractivity contribution is -0.129. The zero-order valence-electron chi connectivity index (χ0n) is 16.0. The number of carbonyl (C=O) groups excluding carboxylic acids is 1. The molecule has 0 saturated carbocycles. The average Bonchev–Trinajstić information content (AvgIpc) is 3.20. The highest BCUT2D eigenvalue weighted by molar-refractivity contribution is 5.94. The fourth-order valence-electron chi connectivity index (χ4n) is 3.23. The molecular weight excluding hydrogens is 378 g/mol. The van der Waals surface area contributed by atoms with Crippen molar-refractivity contribution in [2.75, 3.05) is 7.11 Å². The fourth-order valence-corrected chi connectivity index (χ4v) is 3.23. The Hall–Kier alpha value is -3.06. The molecule has 1 aliphatic rings. The second-order valence-corrected chi connectivity index (χ2v) is 6.83. The number of halogens is 2. The maximum Gasteiger partial charge on any atom is 0.269 e. The highest BCUT2D eigenvalue weighted by atomic mass is 19.1. The molecular formula is C22H22F2N2O3. The van der Waals surface area contributed by atoms with Crippen LogP contribution in [0.5, 0.6) is 5.75 Å². The van der Waals surface area contributed by atoms with Gasteiger partial charge in [0.15, 0.2) is 0 Å². The minimum Gasteiger partial charge on any atom is -0.497 e. The van der Waals surface area contributed by atoms with Gasteiger partial charge in [-0.1, -0.05) is 18.7 Å². The van der Waals surface area contributed by atoms with Crippen molar-refractivity contribution >= 4 is 12.1 Å². The van der Waals surface area contributed by atoms with Gasteiger partial charge in [-0.3, -0.25) is 4.79 Å². The standard InChI is InChI=1S/C22H22F2N2O3/c1-14(3-8-21(27)15-4-6-19(29-2)7-5-15)22(28)26-20(9-10-25-26)16-11-17(23)13-18(24)12-16/h4-7,10-13,20-21,27H,1,3,8-9H2,2H3. The Balaban J connectivity index is 1.62. The molecule has 0 aliphatic carbocycles. The number of rotatable bonds is 7. The molecule has 2 atom stereocenters. The van der Waals surface area contributed by atoms with E-state index in [0.29, 0.717) is 29.7 Å². The number of amides is 1. The summed E-state index contributed by atoms with van der Waals surface area (Å²) in [6, 6.07) is 9.60. The first kappa shape index (κ1) is 20.7. The van der Waals surface area contributed by atoms with Crippen LogP contribution in [0.25, 0.3) is 0 Å². The van der Waals surface area contributed by atoms with Gasteiger partial charge >= 0.3 is 0 Å². The molecule has 0 aromatic heterocycles. The molecule has 2 unspecified atom stereocenters. The summed E-state index contributed by atoms with van der Waals surface area (Å²) in [6.45, 7) is 3.81. The van der Waals surface area contributed by atoms with Crippen molar-refractivity contribution in [2.24, 2.45) is 5.10 Å². The number of methoxy groups -OCH3 is 1. The van der Waals surface area contributed by atoms with Crippen LogP contribution in [0.1, 0.15) is 42.5 Å². The lowest BCUT2D eigenvalue weighted by Gasteiger charge is -2.23. The smallest absolute Gasteiger partial charge is 0.269 e. The van der Waals surface area contributed by atoms with Crippen LogP contribution in [0.4, 0.5) is 8.78 Å². The van der Waals surface area contributed by atoms with E-state index in [1.165, 1.54) is 23.4 Å². The molecule has 29 heavy (non-hydrogen) atoms. The maximum absolute atomic E-state index is 13.5. The first-order valence-electron chi connectivity index (χ1n) is 9.21. The number of nitrogens with zero attached hydrogens (tertiary/aromatic N) is 2. The topological polar surface area (TPSA) is 62.1 Å². The molecule has 2 aromatic carbocycles. The largest absolute Gasteiger partial charge is 0.497 e. The quantitative estimate of drug-likeness (QED) is 0.705. The van der Waals surface area contributed by atoms with Crippen molar-refractivity contribution in [3.8, 4) is 5.75 Å². The molecule has 0 saturated heterocycles. The van der Waals surface area contributed by atoms with Crippen molar-refractivity contribution in [1.29, 1.82) is 0 Å². The predicted octanol–water partition coefficient (Wildman–Crippen LogP) is 4.30. The second-order valence-electron chi connectivity index (χ2n) is 6.83. The SMILES string of the molecule is C=C(CCC(O)c1ccc(OC)cc1)C(=O)N1N=CCC1c1cc(F)cc(F)c1. The van der Waals surface area contributed by atoms with E-state index in [2.05, 4.69) is 11.7 Å². The summed E-state index contributed by atoms with van der Waals surface area (Å²) in [5, 5.41) is 15.6. The van der Waals surface area contributed by atoms with Crippen LogP contribution in [-0.2, 0) is 4.79 Å². The van der Waals surface area contributed by atoms with Crippen LogP contribution >= 0.6 is 0 Å². The van der Waals surface area contributed by atoms with Gasteiger partial charge in [0.1, 0.15) is 17.4 Å². The summed E-state index contributed by atoms with van der Waals surface area (Å²) in [4.78, 5) is 12.8. The molecule has 1 amide bonds. The molecule has 1 heterocycles. The molecule has 0 spiro atoms. The van der Waals surface area contributed by atoms with Crippen LogP contribution in [0.3, 0.4) is 0 Å². The minimum atomic E-state index is -0.763. The van der Waals surface area contributed by atoms with Gasteiger partial charge in [-0.15, -0.1) is 0 Å². The second kappa shape index (κ2) is 8.96. The van der Waals surface area contributed by atoms with Gasteiger partial charge in [0.2, 0.25) is 0 Å². The van der Waals surface area contributed by atoms with Gasteiger partial charge in [-0.2, -0.15) is 5.10 Å². The number of aliphatic hydroxyl groups excluding tert-OH is 1. The van der Waals surface area contributed by atoms with E-state index in [1.807, 2.05) is 0 Å². The first-order valence-corrected chi connectivity index (χ1v) is 9.21. The van der Waals surface area contributed by atoms with Crippen LogP contribution in [0.2, 0.25) is 0 Å². The number of carbonyl (C=O) groups is 1. The van der Waals surface area contributed by atoms with Gasteiger partial charge in [0, 0.05) is 24.3 Å². The number of ether oxygens (including phenoxy) is 1. The van der Waals surface area contributed by atoms with E-state index in [0.717, 1.165) is 6.07 Å². The van der Waals surface area contributed by atoms with Crippen LogP contribution in [-0.4, -0.2) is 29.3 Å². The van der Waals surface area contributed by atoms with Crippen LogP contribution < -0.4 is 4.74 Å². The zero-order valence-corrected chi connectivity index (χ0v) is 16.0. The summed E-state index contributed by atoms with van der Waals surface area (Å²) >= 11 is 0. The third kappa shape index (κ3) is 4.86.